The molecule has 86 valence electrons. The third-order valence-corrected chi connectivity index (χ3v) is 2.54. The van der Waals surface area contributed by atoms with Crippen molar-refractivity contribution in [2.24, 2.45) is 11.7 Å². The van der Waals surface area contributed by atoms with Gasteiger partial charge < -0.3 is 15.4 Å². The fourth-order valence-corrected chi connectivity index (χ4v) is 1.80. The number of carbonyl (C=O) groups is 2. The fourth-order valence-electron chi connectivity index (χ4n) is 1.80. The lowest BCUT2D eigenvalue weighted by Gasteiger charge is -2.32. The average molecular weight is 214 g/mol. The molecular weight excluding hydrogens is 196 g/mol. The summed E-state index contributed by atoms with van der Waals surface area (Å²) in [5, 5.41) is 0. The van der Waals surface area contributed by atoms with Crippen LogP contribution in [0.4, 0.5) is 0 Å². The summed E-state index contributed by atoms with van der Waals surface area (Å²) in [5.41, 5.74) is 5.63. The standard InChI is InChI=1S/C10H18N2O3/c1-7(11)5-12-6-8(10(14)15-2)3-4-9(12)13/h7-8H,3-6,11H2,1-2H3/t7?,8-/m0/s1. The van der Waals surface area contributed by atoms with Gasteiger partial charge in [0, 0.05) is 25.6 Å². The predicted octanol–water partition coefficient (Wildman–Crippen LogP) is -0.255. The molecule has 1 amide bonds. The lowest BCUT2D eigenvalue weighted by molar-refractivity contribution is -0.150. The van der Waals surface area contributed by atoms with E-state index in [1.807, 2.05) is 6.92 Å². The largest absolute Gasteiger partial charge is 0.469 e. The molecule has 0 aromatic heterocycles. The molecule has 1 unspecified atom stereocenters. The van der Waals surface area contributed by atoms with Crippen molar-refractivity contribution in [3.05, 3.63) is 0 Å². The van der Waals surface area contributed by atoms with Gasteiger partial charge in [-0.05, 0) is 13.3 Å². The normalized spacial score (nSPS) is 23.8. The van der Waals surface area contributed by atoms with Crippen LogP contribution in [0.25, 0.3) is 0 Å². The lowest BCUT2D eigenvalue weighted by atomic mass is 9.97. The molecule has 5 nitrogen and oxygen atoms in total. The van der Waals surface area contributed by atoms with Crippen molar-refractivity contribution in [2.45, 2.75) is 25.8 Å². The molecule has 0 radical (unpaired) electrons. The van der Waals surface area contributed by atoms with E-state index in [9.17, 15) is 9.59 Å². The van der Waals surface area contributed by atoms with Crippen LogP contribution in [0.2, 0.25) is 0 Å². The van der Waals surface area contributed by atoms with E-state index >= 15 is 0 Å². The highest BCUT2D eigenvalue weighted by molar-refractivity contribution is 5.81. The van der Waals surface area contributed by atoms with Gasteiger partial charge in [0.2, 0.25) is 5.91 Å². The highest BCUT2D eigenvalue weighted by Gasteiger charge is 2.30. The van der Waals surface area contributed by atoms with Crippen LogP contribution in [-0.4, -0.2) is 43.0 Å². The topological polar surface area (TPSA) is 72.6 Å². The Morgan fingerprint density at radius 1 is 1.73 bits per heavy atom. The first-order valence-electron chi connectivity index (χ1n) is 5.15. The predicted molar refractivity (Wildman–Crippen MR) is 55.0 cm³/mol. The zero-order valence-corrected chi connectivity index (χ0v) is 9.23. The summed E-state index contributed by atoms with van der Waals surface area (Å²) in [5.74, 6) is -0.351. The molecule has 0 aromatic rings. The zero-order valence-electron chi connectivity index (χ0n) is 9.23. The van der Waals surface area contributed by atoms with Crippen LogP contribution in [0.5, 0.6) is 0 Å². The minimum Gasteiger partial charge on any atom is -0.469 e. The molecule has 1 saturated heterocycles. The molecule has 2 N–H and O–H groups in total. The summed E-state index contributed by atoms with van der Waals surface area (Å²) in [6.07, 6.45) is 0.993. The van der Waals surface area contributed by atoms with E-state index < -0.39 is 0 Å². The number of rotatable bonds is 3. The fraction of sp³-hybridized carbons (Fsp3) is 0.800. The third kappa shape index (κ3) is 3.20. The summed E-state index contributed by atoms with van der Waals surface area (Å²) in [4.78, 5) is 24.5. The number of piperidine rings is 1. The molecule has 1 heterocycles. The highest BCUT2D eigenvalue weighted by atomic mass is 16.5. The smallest absolute Gasteiger partial charge is 0.310 e. The Kier molecular flexibility index (Phi) is 4.08. The second kappa shape index (κ2) is 5.11. The average Bonchev–Trinajstić information content (AvgIpc) is 2.19. The molecule has 1 aliphatic heterocycles. The van der Waals surface area contributed by atoms with E-state index in [2.05, 4.69) is 4.74 Å². The maximum Gasteiger partial charge on any atom is 0.310 e. The number of amides is 1. The number of methoxy groups -OCH3 is 1. The van der Waals surface area contributed by atoms with E-state index in [0.717, 1.165) is 0 Å². The van der Waals surface area contributed by atoms with Crippen molar-refractivity contribution >= 4 is 11.9 Å². The van der Waals surface area contributed by atoms with Gasteiger partial charge in [-0.25, -0.2) is 0 Å². The van der Waals surface area contributed by atoms with Gasteiger partial charge in [-0.2, -0.15) is 0 Å². The summed E-state index contributed by atoms with van der Waals surface area (Å²) >= 11 is 0. The molecule has 0 saturated carbocycles. The number of esters is 1. The van der Waals surface area contributed by atoms with Gasteiger partial charge >= 0.3 is 5.97 Å². The van der Waals surface area contributed by atoms with Crippen LogP contribution >= 0.6 is 0 Å². The number of hydrogen-bond donors (Lipinski definition) is 1. The van der Waals surface area contributed by atoms with E-state index in [1.54, 1.807) is 4.90 Å². The zero-order chi connectivity index (χ0) is 11.4. The van der Waals surface area contributed by atoms with Crippen molar-refractivity contribution in [2.75, 3.05) is 20.2 Å². The molecule has 0 aromatic carbocycles. The quantitative estimate of drug-likeness (QED) is 0.657. The van der Waals surface area contributed by atoms with E-state index in [1.165, 1.54) is 7.11 Å². The van der Waals surface area contributed by atoms with Gasteiger partial charge in [-0.15, -0.1) is 0 Å². The Hall–Kier alpha value is -1.10. The van der Waals surface area contributed by atoms with Gasteiger partial charge in [0.15, 0.2) is 0 Å². The SMILES string of the molecule is COC(=O)[C@H]1CCC(=O)N(CC(C)N)C1. The van der Waals surface area contributed by atoms with Crippen molar-refractivity contribution in [3.8, 4) is 0 Å². The second-order valence-corrected chi connectivity index (χ2v) is 4.03. The monoisotopic (exact) mass is 214 g/mol. The molecule has 2 atom stereocenters. The van der Waals surface area contributed by atoms with Crippen LogP contribution in [0.3, 0.4) is 0 Å². The van der Waals surface area contributed by atoms with E-state index in [-0.39, 0.29) is 23.8 Å². The Bertz CT molecular complexity index is 253. The Morgan fingerprint density at radius 3 is 2.93 bits per heavy atom. The van der Waals surface area contributed by atoms with Crippen LogP contribution in [0.1, 0.15) is 19.8 Å². The Balaban J connectivity index is 2.55. The molecule has 1 aliphatic rings. The first kappa shape index (κ1) is 12.0. The minimum atomic E-state index is -0.239. The summed E-state index contributed by atoms with van der Waals surface area (Å²) in [6.45, 7) is 2.79. The minimum absolute atomic E-state index is 0.0645. The summed E-state index contributed by atoms with van der Waals surface area (Å²) in [6, 6.07) is -0.0645. The molecule has 1 fully saturated rings. The number of likely N-dealkylation sites (tertiary alicyclic amines) is 1. The van der Waals surface area contributed by atoms with Crippen LogP contribution in [0.15, 0.2) is 0 Å². The van der Waals surface area contributed by atoms with Crippen LogP contribution < -0.4 is 5.73 Å². The Labute approximate surface area is 89.6 Å². The summed E-state index contributed by atoms with van der Waals surface area (Å²) < 4.78 is 4.67. The van der Waals surface area contributed by atoms with Crippen LogP contribution in [-0.2, 0) is 14.3 Å². The van der Waals surface area contributed by atoms with Gasteiger partial charge in [-0.1, -0.05) is 0 Å². The number of carbonyl (C=O) groups excluding carboxylic acids is 2. The lowest BCUT2D eigenvalue weighted by Crippen LogP contribution is -2.47. The third-order valence-electron chi connectivity index (χ3n) is 2.54. The summed E-state index contributed by atoms with van der Waals surface area (Å²) in [7, 11) is 1.37. The molecule has 0 bridgehead atoms. The number of hydrogen-bond acceptors (Lipinski definition) is 4. The van der Waals surface area contributed by atoms with Crippen molar-refractivity contribution in [1.82, 2.24) is 4.90 Å². The Morgan fingerprint density at radius 2 is 2.40 bits per heavy atom. The van der Waals surface area contributed by atoms with E-state index in [4.69, 9.17) is 5.73 Å². The molecule has 1 rings (SSSR count). The molecule has 0 aliphatic carbocycles. The van der Waals surface area contributed by atoms with Gasteiger partial charge in [0.1, 0.15) is 0 Å². The second-order valence-electron chi connectivity index (χ2n) is 4.03. The highest BCUT2D eigenvalue weighted by Crippen LogP contribution is 2.18. The number of ether oxygens (including phenoxy) is 1. The van der Waals surface area contributed by atoms with Gasteiger partial charge in [0.25, 0.3) is 0 Å². The molecule has 15 heavy (non-hydrogen) atoms. The first-order valence-corrected chi connectivity index (χ1v) is 5.15. The first-order chi connectivity index (χ1) is 7.04. The van der Waals surface area contributed by atoms with E-state index in [0.29, 0.717) is 25.9 Å². The van der Waals surface area contributed by atoms with Gasteiger partial charge in [-0.3, -0.25) is 9.59 Å². The van der Waals surface area contributed by atoms with Crippen LogP contribution in [0, 0.1) is 5.92 Å². The molecule has 0 spiro atoms. The maximum absolute atomic E-state index is 11.5. The van der Waals surface area contributed by atoms with Crippen molar-refractivity contribution in [3.63, 3.8) is 0 Å². The van der Waals surface area contributed by atoms with Crippen molar-refractivity contribution in [1.29, 1.82) is 0 Å². The van der Waals surface area contributed by atoms with Gasteiger partial charge in [0.05, 0.1) is 13.0 Å². The molecule has 5 heteroatoms. The number of nitrogens with two attached hydrogens (primary N) is 1. The van der Waals surface area contributed by atoms with Crippen molar-refractivity contribution < 1.29 is 14.3 Å². The molecular formula is C10H18N2O3. The maximum atomic E-state index is 11.5. The number of nitrogens with zero attached hydrogens (tertiary/aromatic N) is 1.